The normalized spacial score (nSPS) is 16.4. The van der Waals surface area contributed by atoms with E-state index in [0.717, 1.165) is 11.3 Å². The molecule has 0 saturated carbocycles. The smallest absolute Gasteiger partial charge is 0.350 e. The van der Waals surface area contributed by atoms with Crippen LogP contribution in [0.4, 0.5) is 5.13 Å². The van der Waals surface area contributed by atoms with Gasteiger partial charge in [-0.15, -0.1) is 0 Å². The first-order valence-corrected chi connectivity index (χ1v) is 13.9. The molecule has 2 heterocycles. The number of esters is 1. The van der Waals surface area contributed by atoms with Crippen LogP contribution >= 0.6 is 11.3 Å². The molecule has 0 aliphatic carbocycles. The van der Waals surface area contributed by atoms with Gasteiger partial charge in [0.2, 0.25) is 0 Å². The highest BCUT2D eigenvalue weighted by Crippen LogP contribution is 2.44. The van der Waals surface area contributed by atoms with Gasteiger partial charge in [-0.25, -0.2) is 9.78 Å². The molecule has 1 saturated heterocycles. The van der Waals surface area contributed by atoms with Crippen LogP contribution in [-0.4, -0.2) is 47.6 Å². The van der Waals surface area contributed by atoms with E-state index in [0.29, 0.717) is 47.5 Å². The number of rotatable bonds is 10. The fraction of sp³-hybridized carbons (Fsp3) is 0.333. The van der Waals surface area contributed by atoms with Crippen molar-refractivity contribution >= 4 is 39.9 Å². The number of amides is 1. The zero-order valence-electron chi connectivity index (χ0n) is 23.1. The minimum Gasteiger partial charge on any atom is -0.507 e. The largest absolute Gasteiger partial charge is 0.507 e. The van der Waals surface area contributed by atoms with E-state index in [-0.39, 0.29) is 27.9 Å². The zero-order valence-corrected chi connectivity index (χ0v) is 23.9. The maximum absolute atomic E-state index is 13.5. The first-order chi connectivity index (χ1) is 19.2. The molecule has 10 heteroatoms. The molecule has 1 fully saturated rings. The van der Waals surface area contributed by atoms with Gasteiger partial charge >= 0.3 is 11.9 Å². The van der Waals surface area contributed by atoms with Gasteiger partial charge in [0.1, 0.15) is 22.1 Å². The summed E-state index contributed by atoms with van der Waals surface area (Å²) in [7, 11) is 0. The second-order valence-electron chi connectivity index (χ2n) is 9.53. The molecule has 1 aromatic heterocycles. The van der Waals surface area contributed by atoms with E-state index in [9.17, 15) is 19.5 Å². The molecule has 40 heavy (non-hydrogen) atoms. The standard InChI is InChI=1S/C30H32N2O7S/c1-6-37-21-12-8-19(9-13-21)24-23(25(33)20-10-14-22(15-11-20)39-16-17(3)4)26(34)28(35)32(24)30-31-18(5)27(40-30)29(36)38-7-2/h8-15,17,24,33H,6-7,16H2,1-5H3/b25-23+. The molecule has 2 aromatic carbocycles. The van der Waals surface area contributed by atoms with Crippen LogP contribution in [0.25, 0.3) is 5.76 Å². The summed E-state index contributed by atoms with van der Waals surface area (Å²) in [5, 5.41) is 11.5. The Morgan fingerprint density at radius 1 is 1.00 bits per heavy atom. The molecule has 9 nitrogen and oxygen atoms in total. The van der Waals surface area contributed by atoms with Crippen LogP contribution in [0.2, 0.25) is 0 Å². The molecular weight excluding hydrogens is 532 g/mol. The van der Waals surface area contributed by atoms with Crippen molar-refractivity contribution in [3.05, 3.63) is 75.8 Å². The number of aliphatic hydroxyl groups excluding tert-OH is 1. The van der Waals surface area contributed by atoms with Crippen LogP contribution in [0.1, 0.15) is 60.2 Å². The number of aliphatic hydroxyl groups is 1. The molecule has 1 atom stereocenters. The SMILES string of the molecule is CCOC(=O)c1sc(N2C(=O)C(=O)/C(=C(/O)c3ccc(OCC(C)C)cc3)C2c2ccc(OCC)cc2)nc1C. The van der Waals surface area contributed by atoms with Crippen molar-refractivity contribution in [3.63, 3.8) is 0 Å². The summed E-state index contributed by atoms with van der Waals surface area (Å²) in [4.78, 5) is 45.3. The number of thiazole rings is 1. The number of anilines is 1. The highest BCUT2D eigenvalue weighted by Gasteiger charge is 2.48. The summed E-state index contributed by atoms with van der Waals surface area (Å²) < 4.78 is 16.4. The van der Waals surface area contributed by atoms with Gasteiger partial charge in [-0.05, 0) is 68.7 Å². The monoisotopic (exact) mass is 564 g/mol. The number of nitrogens with zero attached hydrogens (tertiary/aromatic N) is 2. The average molecular weight is 565 g/mol. The lowest BCUT2D eigenvalue weighted by molar-refractivity contribution is -0.132. The number of aromatic nitrogens is 1. The van der Waals surface area contributed by atoms with E-state index in [1.54, 1.807) is 62.4 Å². The highest BCUT2D eigenvalue weighted by molar-refractivity contribution is 7.17. The van der Waals surface area contributed by atoms with Crippen LogP contribution in [-0.2, 0) is 14.3 Å². The van der Waals surface area contributed by atoms with E-state index in [2.05, 4.69) is 4.98 Å². The fourth-order valence-electron chi connectivity index (χ4n) is 4.26. The van der Waals surface area contributed by atoms with Gasteiger partial charge in [0.05, 0.1) is 37.1 Å². The maximum Gasteiger partial charge on any atom is 0.350 e. The third kappa shape index (κ3) is 5.86. The fourth-order valence-corrected chi connectivity index (χ4v) is 5.24. The van der Waals surface area contributed by atoms with Crippen molar-refractivity contribution < 1.29 is 33.7 Å². The maximum atomic E-state index is 13.5. The van der Waals surface area contributed by atoms with Crippen molar-refractivity contribution in [1.29, 1.82) is 0 Å². The molecule has 1 amide bonds. The lowest BCUT2D eigenvalue weighted by Gasteiger charge is -2.23. The number of ether oxygens (including phenoxy) is 3. The molecular formula is C30H32N2O7S. The van der Waals surface area contributed by atoms with Gasteiger partial charge in [0.15, 0.2) is 5.13 Å². The molecule has 210 valence electrons. The Kier molecular flexibility index (Phi) is 8.89. The van der Waals surface area contributed by atoms with Gasteiger partial charge in [0, 0.05) is 5.56 Å². The third-order valence-electron chi connectivity index (χ3n) is 6.11. The minimum absolute atomic E-state index is 0.0875. The number of benzene rings is 2. The molecule has 0 spiro atoms. The second kappa shape index (κ2) is 12.3. The Balaban J connectivity index is 1.82. The summed E-state index contributed by atoms with van der Waals surface area (Å²) in [5.74, 6) is -1.01. The zero-order chi connectivity index (χ0) is 29.0. The number of hydrogen-bond donors (Lipinski definition) is 1. The summed E-state index contributed by atoms with van der Waals surface area (Å²) in [5.41, 5.74) is 1.21. The van der Waals surface area contributed by atoms with Crippen molar-refractivity contribution in [2.24, 2.45) is 5.92 Å². The summed E-state index contributed by atoms with van der Waals surface area (Å²) in [6, 6.07) is 12.6. The topological polar surface area (TPSA) is 115 Å². The average Bonchev–Trinajstić information content (AvgIpc) is 3.44. The van der Waals surface area contributed by atoms with Crippen LogP contribution < -0.4 is 14.4 Å². The van der Waals surface area contributed by atoms with E-state index in [4.69, 9.17) is 14.2 Å². The molecule has 1 unspecified atom stereocenters. The number of aryl methyl sites for hydroxylation is 1. The number of ketones is 1. The number of hydrogen-bond acceptors (Lipinski definition) is 9. The summed E-state index contributed by atoms with van der Waals surface area (Å²) in [6.45, 7) is 10.5. The van der Waals surface area contributed by atoms with Gasteiger partial charge in [-0.1, -0.05) is 37.3 Å². The number of carbonyl (C=O) groups excluding carboxylic acids is 3. The summed E-state index contributed by atoms with van der Waals surface area (Å²) >= 11 is 0.961. The van der Waals surface area contributed by atoms with Crippen molar-refractivity contribution in [2.75, 3.05) is 24.7 Å². The molecule has 3 aromatic rings. The quantitative estimate of drug-likeness (QED) is 0.145. The minimum atomic E-state index is -0.992. The summed E-state index contributed by atoms with van der Waals surface area (Å²) in [6.07, 6.45) is 0. The van der Waals surface area contributed by atoms with Gasteiger partial charge in [-0.2, -0.15) is 0 Å². The Morgan fingerprint density at radius 2 is 1.62 bits per heavy atom. The lowest BCUT2D eigenvalue weighted by atomic mass is 9.95. The predicted octanol–water partition coefficient (Wildman–Crippen LogP) is 5.69. The van der Waals surface area contributed by atoms with Crippen LogP contribution in [0, 0.1) is 12.8 Å². The number of carbonyl (C=O) groups is 3. The Hall–Kier alpha value is -4.18. The van der Waals surface area contributed by atoms with Gasteiger partial charge in [-0.3, -0.25) is 14.5 Å². The predicted molar refractivity (Wildman–Crippen MR) is 152 cm³/mol. The van der Waals surface area contributed by atoms with E-state index in [1.807, 2.05) is 20.8 Å². The van der Waals surface area contributed by atoms with Crippen molar-refractivity contribution in [1.82, 2.24) is 4.98 Å². The Labute approximate surface area is 237 Å². The molecule has 1 aliphatic rings. The first-order valence-electron chi connectivity index (χ1n) is 13.1. The second-order valence-corrected chi connectivity index (χ2v) is 10.5. The van der Waals surface area contributed by atoms with Crippen LogP contribution in [0.15, 0.2) is 54.1 Å². The van der Waals surface area contributed by atoms with Crippen molar-refractivity contribution in [3.8, 4) is 11.5 Å². The van der Waals surface area contributed by atoms with Gasteiger partial charge in [0.25, 0.3) is 5.78 Å². The highest BCUT2D eigenvalue weighted by atomic mass is 32.1. The van der Waals surface area contributed by atoms with Crippen molar-refractivity contribution in [2.45, 2.75) is 40.7 Å². The lowest BCUT2D eigenvalue weighted by Crippen LogP contribution is -2.29. The van der Waals surface area contributed by atoms with E-state index < -0.39 is 23.7 Å². The molecule has 0 bridgehead atoms. The first kappa shape index (κ1) is 28.8. The molecule has 0 radical (unpaired) electrons. The Bertz CT molecular complexity index is 1430. The molecule has 1 N–H and O–H groups in total. The number of Topliss-reactive ketones (excluding diaryl/α,β-unsaturated/α-hetero) is 1. The molecule has 4 rings (SSSR count). The van der Waals surface area contributed by atoms with Gasteiger partial charge < -0.3 is 19.3 Å². The third-order valence-corrected chi connectivity index (χ3v) is 7.25. The van der Waals surface area contributed by atoms with Crippen LogP contribution in [0.3, 0.4) is 0 Å². The van der Waals surface area contributed by atoms with Crippen LogP contribution in [0.5, 0.6) is 11.5 Å². The van der Waals surface area contributed by atoms with E-state index >= 15 is 0 Å². The van der Waals surface area contributed by atoms with E-state index in [1.165, 1.54) is 4.90 Å². The molecule has 1 aliphatic heterocycles. The Morgan fingerprint density at radius 3 is 2.23 bits per heavy atom.